The summed E-state index contributed by atoms with van der Waals surface area (Å²) in [4.78, 5) is 10.7. The molecule has 0 fully saturated rings. The lowest BCUT2D eigenvalue weighted by Gasteiger charge is -2.07. The summed E-state index contributed by atoms with van der Waals surface area (Å²) in [5.74, 6) is -1.67. The average molecular weight is 264 g/mol. The molecule has 76 valence electrons. The minimum Gasteiger partial charge on any atom is -0.323 e. The van der Waals surface area contributed by atoms with Crippen molar-refractivity contribution >= 4 is 27.5 Å². The van der Waals surface area contributed by atoms with Gasteiger partial charge in [-0.3, -0.25) is 4.79 Å². The Morgan fingerprint density at radius 1 is 1.50 bits per heavy atom. The Balaban J connectivity index is 2.86. The maximum Gasteiger partial charge on any atom is 0.237 e. The van der Waals surface area contributed by atoms with Gasteiger partial charge in [-0.05, 0) is 19.1 Å². The quantitative estimate of drug-likeness (QED) is 0.817. The Morgan fingerprint density at radius 2 is 2.14 bits per heavy atom. The maximum absolute atomic E-state index is 13.0. The molecule has 1 aromatic carbocycles. The molecule has 1 atom stereocenters. The van der Waals surface area contributed by atoms with E-state index >= 15 is 0 Å². The molecule has 1 N–H and O–H groups in total. The first-order valence-corrected chi connectivity index (χ1v) is 4.82. The fourth-order valence-corrected chi connectivity index (χ4v) is 0.940. The van der Waals surface area contributed by atoms with Crippen LogP contribution in [0.3, 0.4) is 0 Å². The van der Waals surface area contributed by atoms with Crippen molar-refractivity contribution in [3.8, 4) is 0 Å². The molecule has 1 amide bonds. The number of alkyl halides is 1. The molecule has 5 heteroatoms. The molecule has 0 saturated carbocycles. The SMILES string of the molecule is CC(Br)C(=O)Nc1cc(F)ccc1F. The first-order valence-electron chi connectivity index (χ1n) is 3.90. The largest absolute Gasteiger partial charge is 0.323 e. The van der Waals surface area contributed by atoms with E-state index in [1.165, 1.54) is 0 Å². The van der Waals surface area contributed by atoms with Gasteiger partial charge in [0.1, 0.15) is 11.6 Å². The molecule has 0 radical (unpaired) electrons. The number of hydrogen-bond donors (Lipinski definition) is 1. The highest BCUT2D eigenvalue weighted by Gasteiger charge is 2.11. The normalized spacial score (nSPS) is 12.3. The lowest BCUT2D eigenvalue weighted by molar-refractivity contribution is -0.115. The summed E-state index contributed by atoms with van der Waals surface area (Å²) in [5.41, 5.74) is -0.152. The summed E-state index contributed by atoms with van der Waals surface area (Å²) in [7, 11) is 0. The summed E-state index contributed by atoms with van der Waals surface area (Å²) in [6.45, 7) is 1.59. The Bertz CT molecular complexity index is 355. The van der Waals surface area contributed by atoms with Gasteiger partial charge in [-0.25, -0.2) is 8.78 Å². The molecule has 0 aromatic heterocycles. The number of rotatable bonds is 2. The Kier molecular flexibility index (Phi) is 3.57. The Labute approximate surface area is 88.4 Å². The molecule has 1 aromatic rings. The zero-order valence-electron chi connectivity index (χ0n) is 7.35. The monoisotopic (exact) mass is 263 g/mol. The number of carbonyl (C=O) groups excluding carboxylic acids is 1. The van der Waals surface area contributed by atoms with Crippen molar-refractivity contribution in [3.63, 3.8) is 0 Å². The third kappa shape index (κ3) is 2.77. The van der Waals surface area contributed by atoms with Crippen molar-refractivity contribution in [2.24, 2.45) is 0 Å². The summed E-state index contributed by atoms with van der Waals surface area (Å²) < 4.78 is 25.7. The van der Waals surface area contributed by atoms with Gasteiger partial charge in [0.05, 0.1) is 10.5 Å². The molecule has 0 aliphatic heterocycles. The van der Waals surface area contributed by atoms with Crippen LogP contribution in [0.5, 0.6) is 0 Å². The van der Waals surface area contributed by atoms with Crippen LogP contribution in [0, 0.1) is 11.6 Å². The molecule has 14 heavy (non-hydrogen) atoms. The van der Waals surface area contributed by atoms with E-state index in [2.05, 4.69) is 21.2 Å². The van der Waals surface area contributed by atoms with Gasteiger partial charge in [0.25, 0.3) is 0 Å². The summed E-state index contributed by atoms with van der Waals surface area (Å²) in [5, 5.41) is 2.25. The molecule has 1 unspecified atom stereocenters. The van der Waals surface area contributed by atoms with Crippen LogP contribution in [-0.2, 0) is 4.79 Å². The van der Waals surface area contributed by atoms with Gasteiger partial charge in [-0.2, -0.15) is 0 Å². The van der Waals surface area contributed by atoms with E-state index in [0.717, 1.165) is 18.2 Å². The first-order chi connectivity index (χ1) is 6.50. The van der Waals surface area contributed by atoms with Gasteiger partial charge in [0.2, 0.25) is 5.91 Å². The molecule has 2 nitrogen and oxygen atoms in total. The van der Waals surface area contributed by atoms with E-state index in [9.17, 15) is 13.6 Å². The van der Waals surface area contributed by atoms with E-state index in [-0.39, 0.29) is 5.69 Å². The standard InChI is InChI=1S/C9H8BrF2NO/c1-5(10)9(14)13-8-4-6(11)2-3-7(8)12/h2-5H,1H3,(H,13,14). The van der Waals surface area contributed by atoms with Gasteiger partial charge in [-0.15, -0.1) is 0 Å². The Hall–Kier alpha value is -0.970. The number of anilines is 1. The molecule has 0 aliphatic rings. The first kappa shape index (κ1) is 11.1. The molecular formula is C9H8BrF2NO. The maximum atomic E-state index is 13.0. The van der Waals surface area contributed by atoms with Crippen molar-refractivity contribution in [3.05, 3.63) is 29.8 Å². The van der Waals surface area contributed by atoms with Crippen LogP contribution in [0.15, 0.2) is 18.2 Å². The number of carbonyl (C=O) groups is 1. The predicted octanol–water partition coefficient (Wildman–Crippen LogP) is 2.69. The summed E-state index contributed by atoms with van der Waals surface area (Å²) >= 11 is 3.01. The number of benzene rings is 1. The van der Waals surface area contributed by atoms with Crippen LogP contribution in [0.4, 0.5) is 14.5 Å². The highest BCUT2D eigenvalue weighted by Crippen LogP contribution is 2.16. The second-order valence-corrected chi connectivity index (χ2v) is 4.10. The zero-order chi connectivity index (χ0) is 10.7. The van der Waals surface area contributed by atoms with Crippen molar-refractivity contribution in [1.29, 1.82) is 0 Å². The van der Waals surface area contributed by atoms with E-state index in [1.54, 1.807) is 6.92 Å². The lowest BCUT2D eigenvalue weighted by atomic mass is 10.3. The fourth-order valence-electron chi connectivity index (χ4n) is 0.825. The minimum absolute atomic E-state index is 0.152. The predicted molar refractivity (Wildman–Crippen MR) is 53.4 cm³/mol. The molecule has 1 rings (SSSR count). The van der Waals surface area contributed by atoms with Crippen molar-refractivity contribution in [2.45, 2.75) is 11.8 Å². The van der Waals surface area contributed by atoms with E-state index in [1.807, 2.05) is 0 Å². The second kappa shape index (κ2) is 4.50. The number of nitrogens with one attached hydrogen (secondary N) is 1. The number of halogens is 3. The summed E-state index contributed by atoms with van der Waals surface area (Å²) in [6, 6.07) is 2.88. The van der Waals surface area contributed by atoms with Crippen molar-refractivity contribution in [2.75, 3.05) is 5.32 Å². The van der Waals surface area contributed by atoms with Crippen LogP contribution in [0.25, 0.3) is 0 Å². The van der Waals surface area contributed by atoms with Gasteiger partial charge in [-0.1, -0.05) is 15.9 Å². The van der Waals surface area contributed by atoms with Gasteiger partial charge in [0.15, 0.2) is 0 Å². The fraction of sp³-hybridized carbons (Fsp3) is 0.222. The average Bonchev–Trinajstić information content (AvgIpc) is 2.11. The van der Waals surface area contributed by atoms with Gasteiger partial charge >= 0.3 is 0 Å². The van der Waals surface area contributed by atoms with E-state index < -0.39 is 22.4 Å². The highest BCUT2D eigenvalue weighted by molar-refractivity contribution is 9.10. The van der Waals surface area contributed by atoms with Crippen molar-refractivity contribution in [1.82, 2.24) is 0 Å². The highest BCUT2D eigenvalue weighted by atomic mass is 79.9. The number of hydrogen-bond acceptors (Lipinski definition) is 1. The molecule has 0 bridgehead atoms. The molecular weight excluding hydrogens is 256 g/mol. The van der Waals surface area contributed by atoms with Crippen LogP contribution >= 0.6 is 15.9 Å². The van der Waals surface area contributed by atoms with Gasteiger partial charge < -0.3 is 5.32 Å². The van der Waals surface area contributed by atoms with Crippen LogP contribution < -0.4 is 5.32 Å². The van der Waals surface area contributed by atoms with Crippen LogP contribution in [0.2, 0.25) is 0 Å². The summed E-state index contributed by atoms with van der Waals surface area (Å²) in [6.07, 6.45) is 0. The number of amides is 1. The topological polar surface area (TPSA) is 29.1 Å². The van der Waals surface area contributed by atoms with E-state index in [0.29, 0.717) is 0 Å². The van der Waals surface area contributed by atoms with Crippen LogP contribution in [-0.4, -0.2) is 10.7 Å². The van der Waals surface area contributed by atoms with Crippen molar-refractivity contribution < 1.29 is 13.6 Å². The van der Waals surface area contributed by atoms with Crippen LogP contribution in [0.1, 0.15) is 6.92 Å². The molecule has 0 heterocycles. The smallest absolute Gasteiger partial charge is 0.237 e. The van der Waals surface area contributed by atoms with E-state index in [4.69, 9.17) is 0 Å². The third-order valence-corrected chi connectivity index (χ3v) is 1.96. The molecule has 0 aliphatic carbocycles. The molecule has 0 saturated heterocycles. The Morgan fingerprint density at radius 3 is 2.71 bits per heavy atom. The zero-order valence-corrected chi connectivity index (χ0v) is 8.94. The second-order valence-electron chi connectivity index (χ2n) is 2.73. The third-order valence-electron chi connectivity index (χ3n) is 1.55. The minimum atomic E-state index is -0.659. The lowest BCUT2D eigenvalue weighted by Crippen LogP contribution is -2.20. The molecule has 0 spiro atoms. The van der Waals surface area contributed by atoms with Gasteiger partial charge in [0, 0.05) is 6.07 Å².